The van der Waals surface area contributed by atoms with E-state index in [4.69, 9.17) is 16.3 Å². The Kier molecular flexibility index (Phi) is 6.25. The number of carbonyl (C=O) groups is 1. The number of carbonyl (C=O) groups excluding carboxylic acids is 1. The molecular formula is C23H16ClN3O4S. The smallest absolute Gasteiger partial charge is 0.351 e. The number of esters is 1. The highest BCUT2D eigenvalue weighted by molar-refractivity contribution is 7.99. The summed E-state index contributed by atoms with van der Waals surface area (Å²) in [5, 5.41) is 16.2. The van der Waals surface area contributed by atoms with Crippen molar-refractivity contribution in [2.75, 3.05) is 0 Å². The van der Waals surface area contributed by atoms with Gasteiger partial charge in [-0.1, -0.05) is 59.8 Å². The standard InChI is InChI=1S/C23H16ClN3O4S/c1-15-21(32-18-10-6-3-7-11-18)22(26(25-15)17-8-4-2-5-9-17)31-23(28)19-14-16(24)12-13-20(19)27(29)30/h2-14H,1H3. The molecule has 0 saturated carbocycles. The molecule has 0 fully saturated rings. The number of para-hydroxylation sites is 1. The first-order valence-corrected chi connectivity index (χ1v) is 10.7. The number of halogens is 1. The van der Waals surface area contributed by atoms with Crippen molar-refractivity contribution in [3.05, 3.63) is 105 Å². The largest absolute Gasteiger partial charge is 0.402 e. The summed E-state index contributed by atoms with van der Waals surface area (Å²) < 4.78 is 7.24. The average Bonchev–Trinajstić information content (AvgIpc) is 3.10. The van der Waals surface area contributed by atoms with Crippen molar-refractivity contribution < 1.29 is 14.5 Å². The van der Waals surface area contributed by atoms with Gasteiger partial charge in [0, 0.05) is 16.0 Å². The van der Waals surface area contributed by atoms with E-state index in [9.17, 15) is 14.9 Å². The van der Waals surface area contributed by atoms with E-state index in [0.29, 0.717) is 16.3 Å². The minimum absolute atomic E-state index is 0.168. The molecule has 0 unspecified atom stereocenters. The molecule has 4 rings (SSSR count). The van der Waals surface area contributed by atoms with E-state index in [-0.39, 0.29) is 22.2 Å². The maximum Gasteiger partial charge on any atom is 0.351 e. The highest BCUT2D eigenvalue weighted by Gasteiger charge is 2.27. The zero-order valence-electron chi connectivity index (χ0n) is 16.8. The SMILES string of the molecule is Cc1nn(-c2ccccc2)c(OC(=O)c2cc(Cl)ccc2[N+](=O)[O-])c1Sc1ccccc1. The van der Waals surface area contributed by atoms with Crippen molar-refractivity contribution in [2.45, 2.75) is 16.7 Å². The Balaban J connectivity index is 1.81. The number of ether oxygens (including phenoxy) is 1. The Hall–Kier alpha value is -3.62. The first-order valence-electron chi connectivity index (χ1n) is 9.48. The summed E-state index contributed by atoms with van der Waals surface area (Å²) in [6.45, 7) is 1.81. The van der Waals surface area contributed by atoms with Gasteiger partial charge >= 0.3 is 5.97 Å². The summed E-state index contributed by atoms with van der Waals surface area (Å²) >= 11 is 7.37. The molecule has 4 aromatic rings. The zero-order chi connectivity index (χ0) is 22.7. The molecule has 9 heteroatoms. The summed E-state index contributed by atoms with van der Waals surface area (Å²) in [7, 11) is 0. The van der Waals surface area contributed by atoms with E-state index in [1.807, 2.05) is 67.6 Å². The quantitative estimate of drug-likeness (QED) is 0.194. The molecule has 0 N–H and O–H groups in total. The van der Waals surface area contributed by atoms with Crippen LogP contribution in [-0.4, -0.2) is 20.7 Å². The van der Waals surface area contributed by atoms with E-state index in [0.717, 1.165) is 4.90 Å². The van der Waals surface area contributed by atoms with Gasteiger partial charge in [-0.3, -0.25) is 10.1 Å². The third kappa shape index (κ3) is 4.51. The lowest BCUT2D eigenvalue weighted by molar-refractivity contribution is -0.385. The van der Waals surface area contributed by atoms with E-state index in [2.05, 4.69) is 5.10 Å². The molecule has 0 aliphatic heterocycles. The second kappa shape index (κ2) is 9.25. The number of aromatic nitrogens is 2. The number of benzene rings is 3. The normalized spacial score (nSPS) is 10.7. The summed E-state index contributed by atoms with van der Waals surface area (Å²) in [6, 6.07) is 22.5. The molecule has 0 spiro atoms. The van der Waals surface area contributed by atoms with Crippen LogP contribution in [0.15, 0.2) is 88.7 Å². The first-order chi connectivity index (χ1) is 15.4. The molecule has 0 atom stereocenters. The van der Waals surface area contributed by atoms with Crippen LogP contribution >= 0.6 is 23.4 Å². The topological polar surface area (TPSA) is 87.3 Å². The molecule has 7 nitrogen and oxygen atoms in total. The molecule has 0 radical (unpaired) electrons. The average molecular weight is 466 g/mol. The van der Waals surface area contributed by atoms with Crippen molar-refractivity contribution in [2.24, 2.45) is 0 Å². The molecule has 0 aliphatic carbocycles. The van der Waals surface area contributed by atoms with E-state index < -0.39 is 10.9 Å². The lowest BCUT2D eigenvalue weighted by atomic mass is 10.2. The van der Waals surface area contributed by atoms with Gasteiger partial charge in [0.1, 0.15) is 5.56 Å². The summed E-state index contributed by atoms with van der Waals surface area (Å²) in [4.78, 5) is 25.4. The first kappa shape index (κ1) is 21.6. The second-order valence-electron chi connectivity index (χ2n) is 6.69. The fraction of sp³-hybridized carbons (Fsp3) is 0.0435. The van der Waals surface area contributed by atoms with Crippen molar-refractivity contribution in [3.63, 3.8) is 0 Å². The Labute approximate surface area is 192 Å². The molecule has 3 aromatic carbocycles. The molecule has 32 heavy (non-hydrogen) atoms. The van der Waals surface area contributed by atoms with Crippen LogP contribution in [0.1, 0.15) is 16.1 Å². The van der Waals surface area contributed by atoms with Gasteiger partial charge in [-0.2, -0.15) is 9.78 Å². The van der Waals surface area contributed by atoms with Crippen molar-refractivity contribution in [3.8, 4) is 11.6 Å². The third-order valence-corrected chi connectivity index (χ3v) is 5.91. The van der Waals surface area contributed by atoms with Crippen molar-refractivity contribution in [1.29, 1.82) is 0 Å². The van der Waals surface area contributed by atoms with Gasteiger partial charge in [0.05, 0.1) is 21.2 Å². The lowest BCUT2D eigenvalue weighted by Crippen LogP contribution is -2.14. The molecule has 1 heterocycles. The summed E-state index contributed by atoms with van der Waals surface area (Å²) in [5.41, 5.74) is 0.695. The zero-order valence-corrected chi connectivity index (χ0v) is 18.3. The highest BCUT2D eigenvalue weighted by atomic mass is 35.5. The maximum absolute atomic E-state index is 13.1. The Morgan fingerprint density at radius 2 is 1.72 bits per heavy atom. The summed E-state index contributed by atoms with van der Waals surface area (Å²) in [6.07, 6.45) is 0. The van der Waals surface area contributed by atoms with Gasteiger partial charge in [-0.05, 0) is 43.3 Å². The van der Waals surface area contributed by atoms with Crippen LogP contribution in [0.4, 0.5) is 5.69 Å². The van der Waals surface area contributed by atoms with Crippen molar-refractivity contribution >= 4 is 35.0 Å². The fourth-order valence-corrected chi connectivity index (χ4v) is 4.13. The van der Waals surface area contributed by atoms with Gasteiger partial charge in [0.25, 0.3) is 5.69 Å². The Morgan fingerprint density at radius 3 is 2.38 bits per heavy atom. The highest BCUT2D eigenvalue weighted by Crippen LogP contribution is 2.39. The molecular weight excluding hydrogens is 450 g/mol. The van der Waals surface area contributed by atoms with Crippen LogP contribution in [0.2, 0.25) is 5.02 Å². The number of rotatable bonds is 6. The Morgan fingerprint density at radius 1 is 1.06 bits per heavy atom. The van der Waals surface area contributed by atoms with Crippen LogP contribution in [0.5, 0.6) is 5.88 Å². The van der Waals surface area contributed by atoms with Gasteiger partial charge < -0.3 is 4.74 Å². The van der Waals surface area contributed by atoms with Gasteiger partial charge in [0.2, 0.25) is 5.88 Å². The van der Waals surface area contributed by atoms with Crippen LogP contribution in [0, 0.1) is 17.0 Å². The van der Waals surface area contributed by atoms with E-state index in [1.165, 1.54) is 34.6 Å². The number of hydrogen-bond donors (Lipinski definition) is 0. The minimum Gasteiger partial charge on any atom is -0.402 e. The van der Waals surface area contributed by atoms with Crippen LogP contribution in [-0.2, 0) is 0 Å². The number of hydrogen-bond acceptors (Lipinski definition) is 6. The fourth-order valence-electron chi connectivity index (χ4n) is 3.02. The summed E-state index contributed by atoms with van der Waals surface area (Å²) in [5.74, 6) is -0.729. The number of nitro benzene ring substituents is 1. The molecule has 160 valence electrons. The number of nitrogens with zero attached hydrogens (tertiary/aromatic N) is 3. The van der Waals surface area contributed by atoms with E-state index >= 15 is 0 Å². The lowest BCUT2D eigenvalue weighted by Gasteiger charge is -2.10. The Bertz CT molecular complexity index is 1290. The van der Waals surface area contributed by atoms with Gasteiger partial charge in [-0.15, -0.1) is 0 Å². The monoisotopic (exact) mass is 465 g/mol. The van der Waals surface area contributed by atoms with Gasteiger partial charge in [-0.25, -0.2) is 4.79 Å². The van der Waals surface area contributed by atoms with Crippen LogP contribution in [0.25, 0.3) is 5.69 Å². The molecule has 1 aromatic heterocycles. The van der Waals surface area contributed by atoms with E-state index in [1.54, 1.807) is 0 Å². The van der Waals surface area contributed by atoms with Crippen LogP contribution in [0.3, 0.4) is 0 Å². The van der Waals surface area contributed by atoms with Crippen molar-refractivity contribution in [1.82, 2.24) is 9.78 Å². The predicted molar refractivity (Wildman–Crippen MR) is 122 cm³/mol. The molecule has 0 aliphatic rings. The molecule has 0 bridgehead atoms. The second-order valence-corrected chi connectivity index (χ2v) is 8.21. The number of aryl methyl sites for hydroxylation is 1. The third-order valence-electron chi connectivity index (χ3n) is 4.49. The molecule has 0 saturated heterocycles. The molecule has 0 amide bonds. The number of nitro groups is 1. The van der Waals surface area contributed by atoms with Crippen LogP contribution < -0.4 is 4.74 Å². The minimum atomic E-state index is -0.897. The predicted octanol–water partition coefficient (Wildman–Crippen LogP) is 6.11. The van der Waals surface area contributed by atoms with Gasteiger partial charge in [0.15, 0.2) is 0 Å². The maximum atomic E-state index is 13.1.